The predicted molar refractivity (Wildman–Crippen MR) is 120 cm³/mol. The van der Waals surface area contributed by atoms with Crippen LogP contribution in [-0.2, 0) is 18.1 Å². The Labute approximate surface area is 193 Å². The van der Waals surface area contributed by atoms with E-state index in [0.717, 1.165) is 12.1 Å². The van der Waals surface area contributed by atoms with Crippen molar-refractivity contribution < 1.29 is 22.4 Å². The Morgan fingerprint density at radius 1 is 1.00 bits per heavy atom. The van der Waals surface area contributed by atoms with Crippen LogP contribution >= 0.6 is 0 Å². The summed E-state index contributed by atoms with van der Waals surface area (Å²) in [5.41, 5.74) is 0.745. The molecule has 34 heavy (non-hydrogen) atoms. The second-order valence-corrected chi connectivity index (χ2v) is 8.94. The van der Waals surface area contributed by atoms with Gasteiger partial charge in [-0.25, -0.2) is 13.9 Å². The van der Waals surface area contributed by atoms with Crippen LogP contribution in [0.25, 0.3) is 16.9 Å². The van der Waals surface area contributed by atoms with E-state index in [-0.39, 0.29) is 28.9 Å². The highest BCUT2D eigenvalue weighted by atomic mass is 19.4. The largest absolute Gasteiger partial charge is 0.416 e. The standard InChI is InChI=1S/C25H22F4N4O/c1-24(2,3)21-13-22-31-19(17-9-4-5-10-18(17)26)12-20(33(22)32-21)23(34)30-14-15-7-6-8-16(11-15)25(27,28)29/h4-13H,14H2,1-3H3,(H,30,34). The lowest BCUT2D eigenvalue weighted by Gasteiger charge is -2.14. The molecule has 5 nitrogen and oxygen atoms in total. The Bertz CT molecular complexity index is 1370. The molecule has 1 N–H and O–H groups in total. The fourth-order valence-corrected chi connectivity index (χ4v) is 3.44. The van der Waals surface area contributed by atoms with Crippen LogP contribution in [0.15, 0.2) is 60.7 Å². The lowest BCUT2D eigenvalue weighted by atomic mass is 9.93. The lowest BCUT2D eigenvalue weighted by molar-refractivity contribution is -0.137. The van der Waals surface area contributed by atoms with Gasteiger partial charge in [0.15, 0.2) is 5.65 Å². The number of hydrogen-bond donors (Lipinski definition) is 1. The van der Waals surface area contributed by atoms with Gasteiger partial charge in [-0.05, 0) is 35.9 Å². The average molecular weight is 470 g/mol. The molecule has 2 heterocycles. The summed E-state index contributed by atoms with van der Waals surface area (Å²) in [6.45, 7) is 5.74. The Balaban J connectivity index is 1.73. The van der Waals surface area contributed by atoms with Crippen molar-refractivity contribution in [3.8, 4) is 11.3 Å². The molecule has 4 rings (SSSR count). The number of carbonyl (C=O) groups excluding carboxylic acids is 1. The maximum absolute atomic E-state index is 14.5. The van der Waals surface area contributed by atoms with Gasteiger partial charge in [0.1, 0.15) is 11.5 Å². The molecule has 0 aliphatic rings. The van der Waals surface area contributed by atoms with E-state index in [1.807, 2.05) is 20.8 Å². The SMILES string of the molecule is CC(C)(C)c1cc2nc(-c3ccccc3F)cc(C(=O)NCc3cccc(C(F)(F)F)c3)n2n1. The second-order valence-electron chi connectivity index (χ2n) is 8.94. The van der Waals surface area contributed by atoms with Crippen molar-refractivity contribution in [1.29, 1.82) is 0 Å². The van der Waals surface area contributed by atoms with Gasteiger partial charge in [0.2, 0.25) is 0 Å². The highest BCUT2D eigenvalue weighted by Crippen LogP contribution is 2.30. The molecular weight excluding hydrogens is 448 g/mol. The summed E-state index contributed by atoms with van der Waals surface area (Å²) in [6, 6.07) is 14.0. The summed E-state index contributed by atoms with van der Waals surface area (Å²) >= 11 is 0. The van der Waals surface area contributed by atoms with Gasteiger partial charge in [-0.2, -0.15) is 18.3 Å². The third-order valence-electron chi connectivity index (χ3n) is 5.29. The molecule has 4 aromatic rings. The minimum atomic E-state index is -4.48. The number of aromatic nitrogens is 3. The van der Waals surface area contributed by atoms with Crippen LogP contribution in [0.3, 0.4) is 0 Å². The molecule has 0 fully saturated rings. The Kier molecular flexibility index (Phi) is 5.89. The van der Waals surface area contributed by atoms with Gasteiger partial charge in [0, 0.05) is 23.6 Å². The van der Waals surface area contributed by atoms with Crippen LogP contribution in [0.2, 0.25) is 0 Å². The van der Waals surface area contributed by atoms with Crippen LogP contribution in [0.1, 0.15) is 48.1 Å². The minimum absolute atomic E-state index is 0.0886. The van der Waals surface area contributed by atoms with Crippen molar-refractivity contribution in [3.63, 3.8) is 0 Å². The number of nitrogens with one attached hydrogen (secondary N) is 1. The van der Waals surface area contributed by atoms with E-state index in [1.165, 1.54) is 28.8 Å². The number of halogens is 4. The molecule has 0 aliphatic heterocycles. The number of hydrogen-bond acceptors (Lipinski definition) is 3. The number of amides is 1. The summed E-state index contributed by atoms with van der Waals surface area (Å²) in [7, 11) is 0. The third kappa shape index (κ3) is 4.78. The van der Waals surface area contributed by atoms with Crippen LogP contribution < -0.4 is 5.32 Å². The maximum Gasteiger partial charge on any atom is 0.416 e. The van der Waals surface area contributed by atoms with Crippen molar-refractivity contribution in [2.24, 2.45) is 0 Å². The van der Waals surface area contributed by atoms with Crippen molar-refractivity contribution >= 4 is 11.6 Å². The van der Waals surface area contributed by atoms with Gasteiger partial charge in [-0.15, -0.1) is 0 Å². The quantitative estimate of drug-likeness (QED) is 0.385. The molecule has 0 bridgehead atoms. The molecule has 176 valence electrons. The summed E-state index contributed by atoms with van der Waals surface area (Å²) < 4.78 is 54.8. The second kappa shape index (κ2) is 8.55. The first-order valence-corrected chi connectivity index (χ1v) is 10.5. The third-order valence-corrected chi connectivity index (χ3v) is 5.29. The van der Waals surface area contributed by atoms with E-state index in [2.05, 4.69) is 15.4 Å². The van der Waals surface area contributed by atoms with Gasteiger partial charge in [0.25, 0.3) is 5.91 Å². The maximum atomic E-state index is 14.5. The molecule has 0 spiro atoms. The van der Waals surface area contributed by atoms with Crippen LogP contribution in [0, 0.1) is 5.82 Å². The highest BCUT2D eigenvalue weighted by Gasteiger charge is 2.30. The first kappa shape index (κ1) is 23.4. The number of carbonyl (C=O) groups is 1. The lowest BCUT2D eigenvalue weighted by Crippen LogP contribution is -2.26. The number of alkyl halides is 3. The van der Waals surface area contributed by atoms with Crippen molar-refractivity contribution in [2.75, 3.05) is 0 Å². The number of nitrogens with zero attached hydrogens (tertiary/aromatic N) is 3. The van der Waals surface area contributed by atoms with Crippen LogP contribution in [-0.4, -0.2) is 20.5 Å². The number of rotatable bonds is 4. The van der Waals surface area contributed by atoms with Crippen molar-refractivity contribution in [1.82, 2.24) is 19.9 Å². The van der Waals surface area contributed by atoms with Crippen molar-refractivity contribution in [3.05, 3.63) is 89.0 Å². The van der Waals surface area contributed by atoms with Gasteiger partial charge in [-0.3, -0.25) is 4.79 Å². The minimum Gasteiger partial charge on any atom is -0.347 e. The summed E-state index contributed by atoms with van der Waals surface area (Å²) in [4.78, 5) is 17.6. The number of benzene rings is 2. The average Bonchev–Trinajstić information content (AvgIpc) is 3.22. The molecule has 0 radical (unpaired) electrons. The number of fused-ring (bicyclic) bond motifs is 1. The highest BCUT2D eigenvalue weighted by molar-refractivity contribution is 5.94. The van der Waals surface area contributed by atoms with E-state index < -0.39 is 23.5 Å². The van der Waals surface area contributed by atoms with E-state index >= 15 is 0 Å². The fraction of sp³-hybridized carbons (Fsp3) is 0.240. The van der Waals surface area contributed by atoms with E-state index in [1.54, 1.807) is 24.3 Å². The Morgan fingerprint density at radius 3 is 2.41 bits per heavy atom. The first-order valence-electron chi connectivity index (χ1n) is 10.5. The summed E-state index contributed by atoms with van der Waals surface area (Å²) in [5.74, 6) is -1.07. The Morgan fingerprint density at radius 2 is 1.74 bits per heavy atom. The Hall–Kier alpha value is -3.75. The monoisotopic (exact) mass is 470 g/mol. The summed E-state index contributed by atoms with van der Waals surface area (Å²) in [6.07, 6.45) is -4.48. The van der Waals surface area contributed by atoms with Gasteiger partial charge >= 0.3 is 6.18 Å². The van der Waals surface area contributed by atoms with E-state index in [0.29, 0.717) is 16.9 Å². The van der Waals surface area contributed by atoms with E-state index in [9.17, 15) is 22.4 Å². The first-order chi connectivity index (χ1) is 15.9. The smallest absolute Gasteiger partial charge is 0.347 e. The van der Waals surface area contributed by atoms with Crippen LogP contribution in [0.4, 0.5) is 17.6 Å². The molecule has 1 amide bonds. The van der Waals surface area contributed by atoms with Crippen LogP contribution in [0.5, 0.6) is 0 Å². The topological polar surface area (TPSA) is 59.3 Å². The zero-order valence-corrected chi connectivity index (χ0v) is 18.7. The fourth-order valence-electron chi connectivity index (χ4n) is 3.44. The molecule has 0 atom stereocenters. The molecule has 2 aromatic heterocycles. The molecular formula is C25H22F4N4O. The van der Waals surface area contributed by atoms with Gasteiger partial charge < -0.3 is 5.32 Å². The molecule has 9 heteroatoms. The molecule has 2 aromatic carbocycles. The van der Waals surface area contributed by atoms with Crippen molar-refractivity contribution in [2.45, 2.75) is 38.9 Å². The van der Waals surface area contributed by atoms with Gasteiger partial charge in [-0.1, -0.05) is 45.0 Å². The normalized spacial score (nSPS) is 12.2. The molecule has 0 saturated carbocycles. The predicted octanol–water partition coefficient (Wildman–Crippen LogP) is 5.78. The molecule has 0 unspecified atom stereocenters. The summed E-state index contributed by atoms with van der Waals surface area (Å²) in [5, 5.41) is 7.15. The molecule has 0 aliphatic carbocycles. The zero-order chi connectivity index (χ0) is 24.7. The molecule has 0 saturated heterocycles. The zero-order valence-electron chi connectivity index (χ0n) is 18.7. The van der Waals surface area contributed by atoms with Gasteiger partial charge in [0.05, 0.1) is 17.0 Å². The van der Waals surface area contributed by atoms with E-state index in [4.69, 9.17) is 0 Å².